The van der Waals surface area contributed by atoms with Crippen molar-refractivity contribution in [2.75, 3.05) is 33.3 Å². The van der Waals surface area contributed by atoms with Crippen molar-refractivity contribution in [2.24, 2.45) is 4.99 Å². The number of allylic oxidation sites excluding steroid dienone is 1. The SMILES string of the molecule is CCNC(=NCCC1=CCCCC1)NCCNC(=O)c1ccc(OC)cc1. The summed E-state index contributed by atoms with van der Waals surface area (Å²) in [5, 5.41) is 9.42. The van der Waals surface area contributed by atoms with Gasteiger partial charge in [0, 0.05) is 31.7 Å². The van der Waals surface area contributed by atoms with Crippen LogP contribution in [0.25, 0.3) is 0 Å². The fraction of sp³-hybridized carbons (Fsp3) is 0.524. The van der Waals surface area contributed by atoms with Crippen molar-refractivity contribution in [2.45, 2.75) is 39.0 Å². The summed E-state index contributed by atoms with van der Waals surface area (Å²) >= 11 is 0. The van der Waals surface area contributed by atoms with Crippen LogP contribution in [0.4, 0.5) is 0 Å². The molecule has 0 saturated heterocycles. The Kier molecular flexibility index (Phi) is 9.24. The molecule has 0 aromatic heterocycles. The van der Waals surface area contributed by atoms with Crippen LogP contribution in [0.5, 0.6) is 5.75 Å². The number of nitrogens with zero attached hydrogens (tertiary/aromatic N) is 1. The summed E-state index contributed by atoms with van der Waals surface area (Å²) in [4.78, 5) is 16.8. The van der Waals surface area contributed by atoms with Gasteiger partial charge in [-0.05, 0) is 63.3 Å². The number of amides is 1. The molecule has 2 rings (SSSR count). The van der Waals surface area contributed by atoms with E-state index in [-0.39, 0.29) is 5.91 Å². The molecule has 0 radical (unpaired) electrons. The number of benzene rings is 1. The van der Waals surface area contributed by atoms with Crippen molar-refractivity contribution in [3.8, 4) is 5.75 Å². The monoisotopic (exact) mass is 372 g/mol. The first-order valence-corrected chi connectivity index (χ1v) is 9.85. The highest BCUT2D eigenvalue weighted by atomic mass is 16.5. The lowest BCUT2D eigenvalue weighted by molar-refractivity contribution is 0.0954. The summed E-state index contributed by atoms with van der Waals surface area (Å²) in [6.07, 6.45) is 8.46. The van der Waals surface area contributed by atoms with Crippen molar-refractivity contribution in [1.82, 2.24) is 16.0 Å². The number of rotatable bonds is 9. The van der Waals surface area contributed by atoms with Crippen molar-refractivity contribution in [3.63, 3.8) is 0 Å². The number of aliphatic imine (C=N–C) groups is 1. The molecule has 0 atom stereocenters. The summed E-state index contributed by atoms with van der Waals surface area (Å²) in [6, 6.07) is 7.08. The van der Waals surface area contributed by atoms with Gasteiger partial charge in [0.1, 0.15) is 5.75 Å². The number of nitrogens with one attached hydrogen (secondary N) is 3. The second-order valence-corrected chi connectivity index (χ2v) is 6.53. The minimum Gasteiger partial charge on any atom is -0.497 e. The smallest absolute Gasteiger partial charge is 0.251 e. The summed E-state index contributed by atoms with van der Waals surface area (Å²) in [7, 11) is 1.61. The Morgan fingerprint density at radius 1 is 1.11 bits per heavy atom. The molecule has 1 aromatic carbocycles. The van der Waals surface area contributed by atoms with Gasteiger partial charge in [-0.1, -0.05) is 11.6 Å². The normalized spacial score (nSPS) is 14.3. The fourth-order valence-corrected chi connectivity index (χ4v) is 2.99. The molecule has 6 heteroatoms. The van der Waals surface area contributed by atoms with Crippen LogP contribution >= 0.6 is 0 Å². The van der Waals surface area contributed by atoms with Crippen LogP contribution in [-0.4, -0.2) is 45.2 Å². The predicted octanol–water partition coefficient (Wildman–Crippen LogP) is 2.87. The molecule has 0 fully saturated rings. The number of ether oxygens (including phenoxy) is 1. The van der Waals surface area contributed by atoms with E-state index < -0.39 is 0 Å². The van der Waals surface area contributed by atoms with Crippen LogP contribution < -0.4 is 20.7 Å². The Labute approximate surface area is 162 Å². The van der Waals surface area contributed by atoms with Gasteiger partial charge in [0.05, 0.1) is 7.11 Å². The Morgan fingerprint density at radius 2 is 1.89 bits per heavy atom. The first-order valence-electron chi connectivity index (χ1n) is 9.85. The molecule has 148 valence electrons. The summed E-state index contributed by atoms with van der Waals surface area (Å²) in [5.74, 6) is 1.45. The average Bonchev–Trinajstić information content (AvgIpc) is 2.71. The zero-order valence-corrected chi connectivity index (χ0v) is 16.5. The quantitative estimate of drug-likeness (QED) is 0.270. The van der Waals surface area contributed by atoms with E-state index in [0.29, 0.717) is 18.7 Å². The first-order chi connectivity index (χ1) is 13.2. The molecule has 1 amide bonds. The fourth-order valence-electron chi connectivity index (χ4n) is 2.99. The van der Waals surface area contributed by atoms with Gasteiger partial charge < -0.3 is 20.7 Å². The Bertz CT molecular complexity index is 638. The topological polar surface area (TPSA) is 74.8 Å². The molecule has 3 N–H and O–H groups in total. The molecule has 1 aliphatic carbocycles. The van der Waals surface area contributed by atoms with Gasteiger partial charge in [0.25, 0.3) is 5.91 Å². The molecule has 0 aliphatic heterocycles. The van der Waals surface area contributed by atoms with Gasteiger partial charge in [-0.3, -0.25) is 9.79 Å². The minimum atomic E-state index is -0.0920. The molecular weight excluding hydrogens is 340 g/mol. The highest BCUT2D eigenvalue weighted by Gasteiger charge is 2.06. The summed E-state index contributed by atoms with van der Waals surface area (Å²) in [6.45, 7) is 4.80. The maximum Gasteiger partial charge on any atom is 0.251 e. The number of hydrogen-bond acceptors (Lipinski definition) is 3. The van der Waals surface area contributed by atoms with Crippen molar-refractivity contribution >= 4 is 11.9 Å². The van der Waals surface area contributed by atoms with E-state index in [1.54, 1.807) is 31.4 Å². The van der Waals surface area contributed by atoms with Gasteiger partial charge in [0.2, 0.25) is 0 Å². The lowest BCUT2D eigenvalue weighted by Crippen LogP contribution is -2.41. The van der Waals surface area contributed by atoms with Crippen molar-refractivity contribution in [1.29, 1.82) is 0 Å². The maximum absolute atomic E-state index is 12.1. The van der Waals surface area contributed by atoms with E-state index >= 15 is 0 Å². The van der Waals surface area contributed by atoms with E-state index in [4.69, 9.17) is 4.74 Å². The number of carbonyl (C=O) groups excluding carboxylic acids is 1. The van der Waals surface area contributed by atoms with Crippen LogP contribution in [0.15, 0.2) is 40.9 Å². The minimum absolute atomic E-state index is 0.0920. The second kappa shape index (κ2) is 12.0. The van der Waals surface area contributed by atoms with E-state index in [9.17, 15) is 4.79 Å². The molecule has 27 heavy (non-hydrogen) atoms. The van der Waals surface area contributed by atoms with E-state index in [2.05, 4.69) is 27.0 Å². The number of guanidine groups is 1. The molecule has 6 nitrogen and oxygen atoms in total. The van der Waals surface area contributed by atoms with E-state index in [1.807, 2.05) is 6.92 Å². The molecule has 0 unspecified atom stereocenters. The average molecular weight is 373 g/mol. The lowest BCUT2D eigenvalue weighted by Gasteiger charge is -2.14. The number of methoxy groups -OCH3 is 1. The summed E-state index contributed by atoms with van der Waals surface area (Å²) < 4.78 is 5.10. The van der Waals surface area contributed by atoms with Gasteiger partial charge >= 0.3 is 0 Å². The predicted molar refractivity (Wildman–Crippen MR) is 110 cm³/mol. The van der Waals surface area contributed by atoms with E-state index in [0.717, 1.165) is 31.2 Å². The third-order valence-corrected chi connectivity index (χ3v) is 4.49. The highest BCUT2D eigenvalue weighted by Crippen LogP contribution is 2.19. The Balaban J connectivity index is 1.70. The molecule has 0 bridgehead atoms. The zero-order chi connectivity index (χ0) is 19.3. The summed E-state index contributed by atoms with van der Waals surface area (Å²) in [5.41, 5.74) is 2.16. The lowest BCUT2D eigenvalue weighted by atomic mass is 9.97. The van der Waals surface area contributed by atoms with Crippen molar-refractivity contribution < 1.29 is 9.53 Å². The van der Waals surface area contributed by atoms with Gasteiger partial charge in [0.15, 0.2) is 5.96 Å². The highest BCUT2D eigenvalue weighted by molar-refractivity contribution is 5.94. The van der Waals surface area contributed by atoms with Crippen LogP contribution in [0.3, 0.4) is 0 Å². The number of hydrogen-bond donors (Lipinski definition) is 3. The molecule has 0 heterocycles. The molecule has 0 spiro atoms. The standard InChI is InChI=1S/C21H32N4O2/c1-3-22-21(24-14-13-17-7-5-4-6-8-17)25-16-15-23-20(26)18-9-11-19(27-2)12-10-18/h7,9-12H,3-6,8,13-16H2,1-2H3,(H,23,26)(H2,22,24,25). The zero-order valence-electron chi connectivity index (χ0n) is 16.5. The first kappa shape index (κ1) is 20.8. The molecule has 1 aliphatic rings. The van der Waals surface area contributed by atoms with Crippen LogP contribution in [-0.2, 0) is 0 Å². The molecule has 1 aromatic rings. The van der Waals surface area contributed by atoms with E-state index in [1.165, 1.54) is 31.3 Å². The maximum atomic E-state index is 12.1. The third kappa shape index (κ3) is 7.72. The third-order valence-electron chi connectivity index (χ3n) is 4.49. The van der Waals surface area contributed by atoms with Crippen LogP contribution in [0.2, 0.25) is 0 Å². The molecular formula is C21H32N4O2. The van der Waals surface area contributed by atoms with Crippen LogP contribution in [0, 0.1) is 0 Å². The largest absolute Gasteiger partial charge is 0.497 e. The van der Waals surface area contributed by atoms with Gasteiger partial charge in [-0.25, -0.2) is 0 Å². The number of carbonyl (C=O) groups is 1. The van der Waals surface area contributed by atoms with Gasteiger partial charge in [-0.2, -0.15) is 0 Å². The molecule has 0 saturated carbocycles. The van der Waals surface area contributed by atoms with Gasteiger partial charge in [-0.15, -0.1) is 0 Å². The Hall–Kier alpha value is -2.50. The van der Waals surface area contributed by atoms with Crippen molar-refractivity contribution in [3.05, 3.63) is 41.5 Å². The van der Waals surface area contributed by atoms with Crippen LogP contribution in [0.1, 0.15) is 49.4 Å². The Morgan fingerprint density at radius 3 is 2.56 bits per heavy atom. The second-order valence-electron chi connectivity index (χ2n) is 6.53.